The molecule has 1 unspecified atom stereocenters. The monoisotopic (exact) mass is 295 g/mol. The van der Waals surface area contributed by atoms with Gasteiger partial charge in [0.05, 0.1) is 12.0 Å². The maximum absolute atomic E-state index is 12.6. The molecule has 2 rings (SSSR count). The quantitative estimate of drug-likeness (QED) is 0.626. The summed E-state index contributed by atoms with van der Waals surface area (Å²) in [6.45, 7) is 3.79. The van der Waals surface area contributed by atoms with Crippen molar-refractivity contribution in [1.82, 2.24) is 4.31 Å². The van der Waals surface area contributed by atoms with Crippen LogP contribution in [0.25, 0.3) is 0 Å². The van der Waals surface area contributed by atoms with Crippen molar-refractivity contribution in [2.75, 3.05) is 13.7 Å². The summed E-state index contributed by atoms with van der Waals surface area (Å²) in [4.78, 5) is 12.0. The molecule has 5 nitrogen and oxygen atoms in total. The molecule has 0 spiro atoms. The molecule has 1 aliphatic heterocycles. The van der Waals surface area contributed by atoms with Gasteiger partial charge in [-0.15, -0.1) is 0 Å². The number of rotatable bonds is 3. The highest BCUT2D eigenvalue weighted by Gasteiger charge is 2.40. The topological polar surface area (TPSA) is 63.7 Å². The third kappa shape index (κ3) is 2.48. The molecule has 0 aliphatic carbocycles. The zero-order valence-corrected chi connectivity index (χ0v) is 12.5. The molecule has 1 heterocycles. The summed E-state index contributed by atoms with van der Waals surface area (Å²) in [6, 6.07) is 5.69. The lowest BCUT2D eigenvalue weighted by Gasteiger charge is -2.23. The molecule has 0 saturated heterocycles. The molecule has 0 bridgehead atoms. The summed E-state index contributed by atoms with van der Waals surface area (Å²) >= 11 is 0. The standard InChI is InChI=1S/C14H17NO4S/c1-10-4-6-12(7-5-10)20(17,18)15-9-8-11(2)13(15)14(16)19-3/h4-8,13H,9H2,1-3H3. The molecule has 1 atom stereocenters. The Hall–Kier alpha value is -1.66. The van der Waals surface area contributed by atoms with Crippen molar-refractivity contribution in [2.24, 2.45) is 0 Å². The molecule has 0 amide bonds. The molecule has 0 aromatic heterocycles. The summed E-state index contributed by atoms with van der Waals surface area (Å²) in [5, 5.41) is 0. The molecule has 0 saturated carbocycles. The van der Waals surface area contributed by atoms with E-state index >= 15 is 0 Å². The first kappa shape index (κ1) is 14.7. The van der Waals surface area contributed by atoms with E-state index in [0.29, 0.717) is 5.57 Å². The third-order valence-electron chi connectivity index (χ3n) is 3.36. The number of sulfonamides is 1. The van der Waals surface area contributed by atoms with Gasteiger partial charge in [-0.2, -0.15) is 4.31 Å². The van der Waals surface area contributed by atoms with Gasteiger partial charge in [-0.05, 0) is 31.6 Å². The highest BCUT2D eigenvalue weighted by Crippen LogP contribution is 2.27. The van der Waals surface area contributed by atoms with Crippen LogP contribution < -0.4 is 0 Å². The lowest BCUT2D eigenvalue weighted by Crippen LogP contribution is -2.42. The van der Waals surface area contributed by atoms with Gasteiger partial charge < -0.3 is 4.74 Å². The lowest BCUT2D eigenvalue weighted by atomic mass is 10.2. The van der Waals surface area contributed by atoms with E-state index < -0.39 is 22.0 Å². The second-order valence-electron chi connectivity index (χ2n) is 4.76. The van der Waals surface area contributed by atoms with Crippen molar-refractivity contribution in [3.63, 3.8) is 0 Å². The largest absolute Gasteiger partial charge is 0.468 e. The van der Waals surface area contributed by atoms with Crippen LogP contribution in [0.2, 0.25) is 0 Å². The van der Waals surface area contributed by atoms with Gasteiger partial charge in [0.15, 0.2) is 0 Å². The number of methoxy groups -OCH3 is 1. The molecule has 0 N–H and O–H groups in total. The van der Waals surface area contributed by atoms with Crippen molar-refractivity contribution >= 4 is 16.0 Å². The molecule has 1 aromatic carbocycles. The van der Waals surface area contributed by atoms with E-state index in [0.717, 1.165) is 5.56 Å². The Kier molecular flexibility index (Phi) is 3.96. The van der Waals surface area contributed by atoms with Crippen LogP contribution in [0.1, 0.15) is 12.5 Å². The van der Waals surface area contributed by atoms with Gasteiger partial charge in [-0.1, -0.05) is 23.8 Å². The van der Waals surface area contributed by atoms with Crippen LogP contribution in [0.3, 0.4) is 0 Å². The van der Waals surface area contributed by atoms with Crippen molar-refractivity contribution in [1.29, 1.82) is 0 Å². The second-order valence-corrected chi connectivity index (χ2v) is 6.65. The fourth-order valence-corrected chi connectivity index (χ4v) is 3.73. The fourth-order valence-electron chi connectivity index (χ4n) is 2.18. The van der Waals surface area contributed by atoms with Crippen molar-refractivity contribution in [2.45, 2.75) is 24.8 Å². The van der Waals surface area contributed by atoms with E-state index in [9.17, 15) is 13.2 Å². The van der Waals surface area contributed by atoms with Gasteiger partial charge in [0.25, 0.3) is 0 Å². The highest BCUT2D eigenvalue weighted by atomic mass is 32.2. The van der Waals surface area contributed by atoms with Gasteiger partial charge in [0, 0.05) is 6.54 Å². The van der Waals surface area contributed by atoms with Crippen LogP contribution in [-0.4, -0.2) is 38.4 Å². The Morgan fingerprint density at radius 1 is 1.25 bits per heavy atom. The van der Waals surface area contributed by atoms with Crippen LogP contribution >= 0.6 is 0 Å². The van der Waals surface area contributed by atoms with E-state index in [1.165, 1.54) is 11.4 Å². The number of ether oxygens (including phenoxy) is 1. The number of nitrogens with zero attached hydrogens (tertiary/aromatic N) is 1. The van der Waals surface area contributed by atoms with E-state index in [1.807, 2.05) is 6.92 Å². The van der Waals surface area contributed by atoms with E-state index in [4.69, 9.17) is 4.74 Å². The van der Waals surface area contributed by atoms with Crippen molar-refractivity contribution in [3.05, 3.63) is 41.5 Å². The molecular formula is C14H17NO4S. The number of carbonyl (C=O) groups excluding carboxylic acids is 1. The SMILES string of the molecule is COC(=O)C1C(C)=CCN1S(=O)(=O)c1ccc(C)cc1. The number of benzene rings is 1. The molecule has 0 fully saturated rings. The summed E-state index contributed by atoms with van der Waals surface area (Å²) in [6.07, 6.45) is 1.73. The van der Waals surface area contributed by atoms with Crippen LogP contribution in [0.15, 0.2) is 40.8 Å². The average Bonchev–Trinajstić information content (AvgIpc) is 2.81. The minimum Gasteiger partial charge on any atom is -0.468 e. The summed E-state index contributed by atoms with van der Waals surface area (Å²) in [7, 11) is -2.46. The maximum atomic E-state index is 12.6. The number of esters is 1. The first-order valence-corrected chi connectivity index (χ1v) is 7.65. The molecule has 6 heteroatoms. The van der Waals surface area contributed by atoms with E-state index in [1.54, 1.807) is 37.3 Å². The minimum absolute atomic E-state index is 0.181. The number of aryl methyl sites for hydroxylation is 1. The average molecular weight is 295 g/mol. The summed E-state index contributed by atoms with van der Waals surface area (Å²) in [5.74, 6) is -0.563. The Morgan fingerprint density at radius 2 is 1.85 bits per heavy atom. The van der Waals surface area contributed by atoms with Crippen LogP contribution in [0.4, 0.5) is 0 Å². The van der Waals surface area contributed by atoms with E-state index in [-0.39, 0.29) is 11.4 Å². The Labute approximate surface area is 118 Å². The number of hydrogen-bond acceptors (Lipinski definition) is 4. The maximum Gasteiger partial charge on any atom is 0.328 e. The molecular weight excluding hydrogens is 278 g/mol. The molecule has 20 heavy (non-hydrogen) atoms. The zero-order chi connectivity index (χ0) is 14.9. The van der Waals surface area contributed by atoms with Gasteiger partial charge in [-0.3, -0.25) is 0 Å². The zero-order valence-electron chi connectivity index (χ0n) is 11.7. The third-order valence-corrected chi connectivity index (χ3v) is 5.21. The molecule has 1 aliphatic rings. The Morgan fingerprint density at radius 3 is 2.40 bits per heavy atom. The van der Waals surface area contributed by atoms with Gasteiger partial charge in [0.2, 0.25) is 10.0 Å². The minimum atomic E-state index is -3.71. The lowest BCUT2D eigenvalue weighted by molar-refractivity contribution is -0.143. The predicted octanol–water partition coefficient (Wildman–Crippen LogP) is 1.49. The number of carbonyl (C=O) groups is 1. The van der Waals surface area contributed by atoms with Crippen LogP contribution in [0.5, 0.6) is 0 Å². The predicted molar refractivity (Wildman–Crippen MR) is 74.6 cm³/mol. The fraction of sp³-hybridized carbons (Fsp3) is 0.357. The molecule has 1 aromatic rings. The smallest absolute Gasteiger partial charge is 0.328 e. The molecule has 108 valence electrons. The molecule has 0 radical (unpaired) electrons. The Bertz CT molecular complexity index is 646. The van der Waals surface area contributed by atoms with Crippen molar-refractivity contribution in [3.8, 4) is 0 Å². The summed E-state index contributed by atoms with van der Waals surface area (Å²) < 4.78 is 31.1. The van der Waals surface area contributed by atoms with Crippen LogP contribution in [-0.2, 0) is 19.6 Å². The van der Waals surface area contributed by atoms with Gasteiger partial charge in [0.1, 0.15) is 6.04 Å². The Balaban J connectivity index is 2.39. The van der Waals surface area contributed by atoms with Gasteiger partial charge >= 0.3 is 5.97 Å². The van der Waals surface area contributed by atoms with Crippen molar-refractivity contribution < 1.29 is 17.9 Å². The summed E-state index contributed by atoms with van der Waals surface area (Å²) in [5.41, 5.74) is 1.66. The van der Waals surface area contributed by atoms with Gasteiger partial charge in [-0.25, -0.2) is 13.2 Å². The first-order valence-electron chi connectivity index (χ1n) is 6.21. The van der Waals surface area contributed by atoms with Crippen LogP contribution in [0, 0.1) is 6.92 Å². The van der Waals surface area contributed by atoms with E-state index in [2.05, 4.69) is 0 Å². The number of hydrogen-bond donors (Lipinski definition) is 0. The highest BCUT2D eigenvalue weighted by molar-refractivity contribution is 7.89. The first-order chi connectivity index (χ1) is 9.37. The normalized spacial score (nSPS) is 19.8. The second kappa shape index (κ2) is 5.38.